The number of likely N-dealkylation sites (tertiary alicyclic amines) is 1. The van der Waals surface area contributed by atoms with E-state index in [1.165, 1.54) is 29.2 Å². The molecule has 5 rings (SSSR count). The summed E-state index contributed by atoms with van der Waals surface area (Å²) >= 11 is 1.38. The van der Waals surface area contributed by atoms with Crippen LogP contribution in [0.4, 0.5) is 18.0 Å². The molecular weight excluding hydrogens is 573 g/mol. The number of hydrogen-bond acceptors (Lipinski definition) is 7. The molecule has 220 valence electrons. The highest BCUT2D eigenvalue weighted by atomic mass is 32.1. The summed E-state index contributed by atoms with van der Waals surface area (Å²) < 4.78 is 53.3. The third-order valence-corrected chi connectivity index (χ3v) is 7.95. The Morgan fingerprint density at radius 1 is 1.10 bits per heavy atom. The number of esters is 1. The maximum atomic E-state index is 14.0. The second kappa shape index (κ2) is 12.2. The van der Waals surface area contributed by atoms with Crippen LogP contribution in [-0.2, 0) is 17.5 Å². The van der Waals surface area contributed by atoms with E-state index in [2.05, 4.69) is 10.1 Å². The van der Waals surface area contributed by atoms with Crippen LogP contribution in [0.25, 0.3) is 16.4 Å². The Labute approximate surface area is 243 Å². The fourth-order valence-electron chi connectivity index (χ4n) is 4.90. The number of pyridine rings is 1. The van der Waals surface area contributed by atoms with Crippen LogP contribution in [0.2, 0.25) is 0 Å². The smallest absolute Gasteiger partial charge is 0.434 e. The van der Waals surface area contributed by atoms with Crippen molar-refractivity contribution in [1.82, 2.24) is 19.7 Å². The summed E-state index contributed by atoms with van der Waals surface area (Å²) in [5.41, 5.74) is 0.436. The summed E-state index contributed by atoms with van der Waals surface area (Å²) in [6.45, 7) is 2.67. The van der Waals surface area contributed by atoms with Gasteiger partial charge in [0.05, 0.1) is 23.4 Å². The number of benzene rings is 1. The molecule has 1 N–H and O–H groups in total. The summed E-state index contributed by atoms with van der Waals surface area (Å²) in [6.07, 6.45) is -3.39. The number of alkyl halides is 3. The lowest BCUT2D eigenvalue weighted by atomic mass is 9.89. The van der Waals surface area contributed by atoms with Gasteiger partial charge < -0.3 is 19.5 Å². The molecule has 1 aromatic carbocycles. The lowest BCUT2D eigenvalue weighted by Gasteiger charge is -2.30. The number of thiophene rings is 1. The Bertz CT molecular complexity index is 1560. The predicted octanol–water partition coefficient (Wildman–Crippen LogP) is 6.63. The van der Waals surface area contributed by atoms with Crippen LogP contribution >= 0.6 is 11.3 Å². The van der Waals surface area contributed by atoms with E-state index in [1.807, 2.05) is 35.7 Å². The zero-order valence-electron chi connectivity index (χ0n) is 22.5. The molecule has 1 fully saturated rings. The molecule has 3 aromatic heterocycles. The lowest BCUT2D eigenvalue weighted by Crippen LogP contribution is -2.36. The summed E-state index contributed by atoms with van der Waals surface area (Å²) in [6, 6.07) is 14.2. The van der Waals surface area contributed by atoms with Crippen LogP contribution in [0, 0.1) is 0 Å². The van der Waals surface area contributed by atoms with Crippen molar-refractivity contribution in [3.8, 4) is 22.1 Å². The van der Waals surface area contributed by atoms with Crippen molar-refractivity contribution >= 4 is 23.4 Å². The highest BCUT2D eigenvalue weighted by Crippen LogP contribution is 2.35. The van der Waals surface area contributed by atoms with Gasteiger partial charge in [0, 0.05) is 18.7 Å². The minimum Gasteiger partial charge on any atom is -0.489 e. The molecular formula is C29H27F3N4O5S. The van der Waals surface area contributed by atoms with Crippen LogP contribution in [0.1, 0.15) is 52.9 Å². The normalized spacial score (nSPS) is 14.1. The minimum atomic E-state index is -4.87. The molecule has 4 aromatic rings. The molecule has 1 aliphatic heterocycles. The Balaban J connectivity index is 1.31. The molecule has 13 heteroatoms. The van der Waals surface area contributed by atoms with Gasteiger partial charge in [0.1, 0.15) is 17.9 Å². The van der Waals surface area contributed by atoms with Gasteiger partial charge in [-0.1, -0.05) is 18.2 Å². The molecule has 9 nitrogen and oxygen atoms in total. The summed E-state index contributed by atoms with van der Waals surface area (Å²) in [4.78, 5) is 29.9. The number of carboxylic acid groups (broad SMARTS) is 1. The summed E-state index contributed by atoms with van der Waals surface area (Å²) in [5.74, 6) is -0.266. The van der Waals surface area contributed by atoms with Gasteiger partial charge in [0.15, 0.2) is 11.5 Å². The third kappa shape index (κ3) is 6.25. The fraction of sp³-hybridized carbons (Fsp3) is 0.310. The Morgan fingerprint density at radius 3 is 2.50 bits per heavy atom. The lowest BCUT2D eigenvalue weighted by molar-refractivity contribution is -0.143. The molecule has 0 atom stereocenters. The molecule has 42 heavy (non-hydrogen) atoms. The molecule has 1 aliphatic rings. The molecule has 0 bridgehead atoms. The number of halogens is 3. The SMILES string of the molecule is CCOC(=O)c1cnn(-c2cccc(-c3sccc3COc3ccc(C4CCN(C(=O)O)CC4)cc3)n2)c1C(F)(F)F. The number of carbonyl (C=O) groups is 2. The van der Waals surface area contributed by atoms with E-state index in [0.29, 0.717) is 29.2 Å². The number of hydrogen-bond donors (Lipinski definition) is 1. The molecule has 1 saturated heterocycles. The average Bonchev–Trinajstić information content (AvgIpc) is 3.65. The maximum Gasteiger partial charge on any atom is 0.434 e. The first-order chi connectivity index (χ1) is 20.2. The second-order valence-corrected chi connectivity index (χ2v) is 10.5. The van der Waals surface area contributed by atoms with Crippen LogP contribution < -0.4 is 4.74 Å². The van der Waals surface area contributed by atoms with Crippen molar-refractivity contribution in [2.45, 2.75) is 38.5 Å². The van der Waals surface area contributed by atoms with Crippen molar-refractivity contribution in [1.29, 1.82) is 0 Å². The Morgan fingerprint density at radius 2 is 1.83 bits per heavy atom. The number of carbonyl (C=O) groups excluding carboxylic acids is 1. The van der Waals surface area contributed by atoms with Crippen molar-refractivity contribution in [2.24, 2.45) is 0 Å². The molecule has 4 heterocycles. The van der Waals surface area contributed by atoms with Crippen LogP contribution in [0.5, 0.6) is 5.75 Å². The zero-order chi connectivity index (χ0) is 29.9. The van der Waals surface area contributed by atoms with Gasteiger partial charge in [-0.25, -0.2) is 19.3 Å². The standard InChI is InChI=1S/C29H27F3N4O5S/c1-2-40-27(37)22-16-33-36(26(22)29(30,31)32)24-5-3-4-23(34-24)25-20(12-15-42-25)17-41-21-8-6-18(7-9-21)19-10-13-35(14-11-19)28(38)39/h3-9,12,15-16,19H,2,10-11,13-14,17H2,1H3,(H,38,39). The first-order valence-electron chi connectivity index (χ1n) is 13.2. The van der Waals surface area contributed by atoms with E-state index in [0.717, 1.165) is 35.0 Å². The monoisotopic (exact) mass is 600 g/mol. The molecule has 0 unspecified atom stereocenters. The van der Waals surface area contributed by atoms with Crippen LogP contribution in [0.3, 0.4) is 0 Å². The van der Waals surface area contributed by atoms with Gasteiger partial charge in [-0.05, 0) is 67.0 Å². The van der Waals surface area contributed by atoms with Crippen molar-refractivity contribution in [3.63, 3.8) is 0 Å². The molecule has 0 spiro atoms. The van der Waals surface area contributed by atoms with E-state index in [1.54, 1.807) is 12.1 Å². The maximum absolute atomic E-state index is 14.0. The number of aromatic nitrogens is 3. The van der Waals surface area contributed by atoms with Gasteiger partial charge in [0.25, 0.3) is 0 Å². The molecule has 0 saturated carbocycles. The van der Waals surface area contributed by atoms with E-state index in [-0.39, 0.29) is 24.9 Å². The number of ether oxygens (including phenoxy) is 2. The van der Waals surface area contributed by atoms with Crippen LogP contribution in [0.15, 0.2) is 60.1 Å². The average molecular weight is 601 g/mol. The largest absolute Gasteiger partial charge is 0.489 e. The number of rotatable bonds is 8. The van der Waals surface area contributed by atoms with E-state index in [9.17, 15) is 22.8 Å². The first-order valence-corrected chi connectivity index (χ1v) is 14.1. The van der Waals surface area contributed by atoms with Gasteiger partial charge in [-0.15, -0.1) is 11.3 Å². The second-order valence-electron chi connectivity index (χ2n) is 9.59. The van der Waals surface area contributed by atoms with Crippen molar-refractivity contribution < 1.29 is 37.3 Å². The number of nitrogens with zero attached hydrogens (tertiary/aromatic N) is 4. The van der Waals surface area contributed by atoms with E-state index < -0.39 is 29.5 Å². The highest BCUT2D eigenvalue weighted by Gasteiger charge is 2.41. The van der Waals surface area contributed by atoms with Crippen molar-refractivity contribution in [3.05, 3.63) is 82.5 Å². The number of amides is 1. The first kappa shape index (κ1) is 29.1. The number of piperidine rings is 1. The van der Waals surface area contributed by atoms with Crippen molar-refractivity contribution in [2.75, 3.05) is 19.7 Å². The quantitative estimate of drug-likeness (QED) is 0.226. The molecule has 1 amide bonds. The van der Waals surface area contributed by atoms with Gasteiger partial charge in [-0.3, -0.25) is 0 Å². The van der Waals surface area contributed by atoms with Gasteiger partial charge in [0.2, 0.25) is 0 Å². The van der Waals surface area contributed by atoms with E-state index in [4.69, 9.17) is 14.6 Å². The Kier molecular flexibility index (Phi) is 8.48. The third-order valence-electron chi connectivity index (χ3n) is 6.98. The van der Waals surface area contributed by atoms with Crippen LogP contribution in [-0.4, -0.2) is 56.5 Å². The topological polar surface area (TPSA) is 107 Å². The fourth-order valence-corrected chi connectivity index (χ4v) is 5.78. The van der Waals surface area contributed by atoms with E-state index >= 15 is 0 Å². The van der Waals surface area contributed by atoms with Gasteiger partial charge in [-0.2, -0.15) is 18.3 Å². The predicted molar refractivity (Wildman–Crippen MR) is 148 cm³/mol. The Hall–Kier alpha value is -4.39. The highest BCUT2D eigenvalue weighted by molar-refractivity contribution is 7.13. The summed E-state index contributed by atoms with van der Waals surface area (Å²) in [7, 11) is 0. The summed E-state index contributed by atoms with van der Waals surface area (Å²) in [5, 5.41) is 14.8. The molecule has 0 radical (unpaired) electrons. The van der Waals surface area contributed by atoms with Gasteiger partial charge >= 0.3 is 18.2 Å². The molecule has 0 aliphatic carbocycles. The minimum absolute atomic E-state index is 0.0730. The zero-order valence-corrected chi connectivity index (χ0v) is 23.3.